The Labute approximate surface area is 187 Å². The monoisotopic (exact) mass is 457 g/mol. The van der Waals surface area contributed by atoms with E-state index in [1.807, 2.05) is 10.2 Å². The van der Waals surface area contributed by atoms with Gasteiger partial charge in [-0.05, 0) is 39.9 Å². The van der Waals surface area contributed by atoms with Crippen molar-refractivity contribution < 1.29 is 27.6 Å². The number of carbonyl (C=O) groups is 3. The summed E-state index contributed by atoms with van der Waals surface area (Å²) < 4.78 is 38.8. The Kier molecular flexibility index (Phi) is 4.84. The highest BCUT2D eigenvalue weighted by atomic mass is 19.4. The Morgan fingerprint density at radius 2 is 1.44 bits per heavy atom. The second kappa shape index (κ2) is 6.63. The fourth-order valence-electron chi connectivity index (χ4n) is 6.32. The number of amides is 3. The number of hydrogen-bond donors (Lipinski definition) is 1. The van der Waals surface area contributed by atoms with E-state index in [-0.39, 0.29) is 28.6 Å². The van der Waals surface area contributed by atoms with Crippen molar-refractivity contribution >= 4 is 17.7 Å². The van der Waals surface area contributed by atoms with Gasteiger partial charge in [0.25, 0.3) is 0 Å². The van der Waals surface area contributed by atoms with Gasteiger partial charge >= 0.3 is 12.1 Å². The quantitative estimate of drug-likeness (QED) is 0.709. The van der Waals surface area contributed by atoms with E-state index in [1.54, 1.807) is 20.8 Å². The first-order chi connectivity index (χ1) is 14.4. The SMILES string of the molecule is CC(C)(C)[C@H](NC(=O)C(F)(F)F)C(=O)N1C[C@H]2[C@@H]([C@H]1C(=O)N1C[C@@H]3[C@H](C1)C3(C)C)C2(C)C. The number of carbonyl (C=O) groups excluding carboxylic acids is 3. The predicted octanol–water partition coefficient (Wildman–Crippen LogP) is 2.68. The fourth-order valence-corrected chi connectivity index (χ4v) is 6.32. The third-order valence-electron chi connectivity index (χ3n) is 8.82. The van der Waals surface area contributed by atoms with Crippen LogP contribution in [0.5, 0.6) is 0 Å². The Hall–Kier alpha value is -1.80. The number of rotatable bonds is 3. The van der Waals surface area contributed by atoms with Crippen molar-refractivity contribution in [2.24, 2.45) is 39.9 Å². The first-order valence-electron chi connectivity index (χ1n) is 11.4. The molecule has 6 nitrogen and oxygen atoms in total. The van der Waals surface area contributed by atoms with E-state index in [9.17, 15) is 27.6 Å². The minimum absolute atomic E-state index is 0.0113. The van der Waals surface area contributed by atoms with Crippen molar-refractivity contribution in [2.75, 3.05) is 19.6 Å². The van der Waals surface area contributed by atoms with Crippen LogP contribution in [0.15, 0.2) is 0 Å². The predicted molar refractivity (Wildman–Crippen MR) is 111 cm³/mol. The fraction of sp³-hybridized carbons (Fsp3) is 0.870. The van der Waals surface area contributed by atoms with Gasteiger partial charge < -0.3 is 15.1 Å². The van der Waals surface area contributed by atoms with E-state index in [1.165, 1.54) is 4.90 Å². The number of alkyl halides is 3. The number of hydrogen-bond acceptors (Lipinski definition) is 3. The molecule has 6 atom stereocenters. The highest BCUT2D eigenvalue weighted by Crippen LogP contribution is 2.66. The zero-order valence-electron chi connectivity index (χ0n) is 19.8. The zero-order valence-corrected chi connectivity index (χ0v) is 19.8. The molecule has 9 heteroatoms. The Morgan fingerprint density at radius 3 is 1.91 bits per heavy atom. The molecule has 1 N–H and O–H groups in total. The van der Waals surface area contributed by atoms with E-state index >= 15 is 0 Å². The Balaban J connectivity index is 1.56. The molecule has 4 aliphatic rings. The van der Waals surface area contributed by atoms with Gasteiger partial charge in [0.2, 0.25) is 11.8 Å². The summed E-state index contributed by atoms with van der Waals surface area (Å²) in [4.78, 5) is 42.0. The summed E-state index contributed by atoms with van der Waals surface area (Å²) in [6, 6.07) is -2.06. The molecule has 3 amide bonds. The van der Waals surface area contributed by atoms with Gasteiger partial charge in [-0.1, -0.05) is 48.5 Å². The van der Waals surface area contributed by atoms with Crippen molar-refractivity contribution in [2.45, 2.75) is 66.7 Å². The molecule has 0 aromatic heterocycles. The summed E-state index contributed by atoms with van der Waals surface area (Å²) in [5, 5.41) is 1.90. The van der Waals surface area contributed by atoms with Crippen molar-refractivity contribution in [1.29, 1.82) is 0 Å². The van der Waals surface area contributed by atoms with Crippen molar-refractivity contribution in [1.82, 2.24) is 15.1 Å². The number of halogens is 3. The van der Waals surface area contributed by atoms with Gasteiger partial charge in [-0.3, -0.25) is 14.4 Å². The zero-order chi connectivity index (χ0) is 24.2. The maximum atomic E-state index is 13.6. The maximum absolute atomic E-state index is 13.6. The molecule has 4 rings (SSSR count). The van der Waals surface area contributed by atoms with Gasteiger partial charge in [0.15, 0.2) is 0 Å². The Morgan fingerprint density at radius 1 is 0.906 bits per heavy atom. The lowest BCUT2D eigenvalue weighted by Crippen LogP contribution is -2.60. The third-order valence-corrected chi connectivity index (χ3v) is 8.82. The number of nitrogens with one attached hydrogen (secondary N) is 1. The minimum Gasteiger partial charge on any atom is -0.340 e. The van der Waals surface area contributed by atoms with Crippen LogP contribution in [0.2, 0.25) is 0 Å². The topological polar surface area (TPSA) is 69.7 Å². The molecule has 0 aromatic carbocycles. The van der Waals surface area contributed by atoms with Crippen molar-refractivity contribution in [3.63, 3.8) is 0 Å². The summed E-state index contributed by atoms with van der Waals surface area (Å²) in [5.41, 5.74) is -0.804. The largest absolute Gasteiger partial charge is 0.471 e. The molecule has 0 spiro atoms. The molecular weight excluding hydrogens is 423 g/mol. The molecule has 32 heavy (non-hydrogen) atoms. The molecule has 2 heterocycles. The van der Waals surface area contributed by atoms with Gasteiger partial charge in [-0.2, -0.15) is 13.2 Å². The molecule has 2 aliphatic carbocycles. The summed E-state index contributed by atoms with van der Waals surface area (Å²) >= 11 is 0. The van der Waals surface area contributed by atoms with E-state index in [4.69, 9.17) is 0 Å². The highest BCUT2D eigenvalue weighted by Gasteiger charge is 2.71. The van der Waals surface area contributed by atoms with Gasteiger partial charge in [0.05, 0.1) is 0 Å². The normalized spacial score (nSPS) is 35.1. The molecule has 2 aliphatic heterocycles. The van der Waals surface area contributed by atoms with Crippen LogP contribution < -0.4 is 5.32 Å². The first-order valence-corrected chi connectivity index (χ1v) is 11.4. The summed E-state index contributed by atoms with van der Waals surface area (Å²) in [6.45, 7) is 15.0. The van der Waals surface area contributed by atoms with E-state index in [0.29, 0.717) is 31.5 Å². The summed E-state index contributed by atoms with van der Waals surface area (Å²) in [5.74, 6) is -1.80. The number of fused-ring (bicyclic) bond motifs is 2. The van der Waals surface area contributed by atoms with Crippen LogP contribution in [0, 0.1) is 39.9 Å². The van der Waals surface area contributed by atoms with E-state index in [0.717, 1.165) is 0 Å². The molecule has 2 saturated carbocycles. The lowest BCUT2D eigenvalue weighted by Gasteiger charge is -2.39. The van der Waals surface area contributed by atoms with Crippen LogP contribution in [-0.4, -0.2) is 65.4 Å². The average molecular weight is 458 g/mol. The Bertz CT molecular complexity index is 847. The van der Waals surface area contributed by atoms with E-state index < -0.39 is 35.5 Å². The first kappa shape index (κ1) is 23.4. The molecule has 4 fully saturated rings. The van der Waals surface area contributed by atoms with Crippen LogP contribution in [0.1, 0.15) is 48.5 Å². The molecule has 0 unspecified atom stereocenters. The number of nitrogens with zero attached hydrogens (tertiary/aromatic N) is 2. The molecule has 0 bridgehead atoms. The van der Waals surface area contributed by atoms with Crippen LogP contribution >= 0.6 is 0 Å². The van der Waals surface area contributed by atoms with Gasteiger partial charge in [0.1, 0.15) is 12.1 Å². The van der Waals surface area contributed by atoms with Crippen LogP contribution in [0.3, 0.4) is 0 Å². The van der Waals surface area contributed by atoms with Crippen LogP contribution in [0.4, 0.5) is 13.2 Å². The standard InChI is InChI=1S/C23H34F3N3O3/c1-20(2,3)16(27-19(32)23(24,25)26)18(31)29-10-13-14(22(13,6)7)15(29)17(30)28-8-11-12(9-28)21(11,4)5/h11-16H,8-10H2,1-7H3,(H,27,32)/t11-,12+,13-,14-,15-,16+/m0/s1. The number of piperidine rings is 2. The summed E-state index contributed by atoms with van der Waals surface area (Å²) in [7, 11) is 0. The molecule has 2 saturated heterocycles. The molecule has 180 valence electrons. The molecule has 0 aromatic rings. The summed E-state index contributed by atoms with van der Waals surface area (Å²) in [6.07, 6.45) is -5.09. The van der Waals surface area contributed by atoms with Crippen LogP contribution in [-0.2, 0) is 14.4 Å². The average Bonchev–Trinajstić information content (AvgIpc) is 3.19. The van der Waals surface area contributed by atoms with Crippen LogP contribution in [0.25, 0.3) is 0 Å². The van der Waals surface area contributed by atoms with Gasteiger partial charge in [0, 0.05) is 19.6 Å². The minimum atomic E-state index is -5.09. The van der Waals surface area contributed by atoms with Gasteiger partial charge in [-0.25, -0.2) is 0 Å². The lowest BCUT2D eigenvalue weighted by atomic mass is 9.85. The van der Waals surface area contributed by atoms with Crippen molar-refractivity contribution in [3.05, 3.63) is 0 Å². The second-order valence-electron chi connectivity index (χ2n) is 12.4. The molecule has 0 radical (unpaired) electrons. The number of likely N-dealkylation sites (tertiary alicyclic amines) is 2. The second-order valence-corrected chi connectivity index (χ2v) is 12.4. The smallest absolute Gasteiger partial charge is 0.340 e. The van der Waals surface area contributed by atoms with Crippen molar-refractivity contribution in [3.8, 4) is 0 Å². The molecular formula is C23H34F3N3O3. The van der Waals surface area contributed by atoms with E-state index in [2.05, 4.69) is 27.7 Å². The maximum Gasteiger partial charge on any atom is 0.471 e. The third kappa shape index (κ3) is 3.41. The highest BCUT2D eigenvalue weighted by molar-refractivity contribution is 5.95. The lowest BCUT2D eigenvalue weighted by molar-refractivity contribution is -0.176. The van der Waals surface area contributed by atoms with Gasteiger partial charge in [-0.15, -0.1) is 0 Å².